The number of nitrogens with one attached hydrogen (secondary N) is 2. The highest BCUT2D eigenvalue weighted by molar-refractivity contribution is 9.10. The van der Waals surface area contributed by atoms with Crippen molar-refractivity contribution in [3.8, 4) is 5.75 Å². The fraction of sp³-hybridized carbons (Fsp3) is 0.200. The van der Waals surface area contributed by atoms with E-state index in [-0.39, 0.29) is 6.61 Å². The lowest BCUT2D eigenvalue weighted by molar-refractivity contribution is -0.123. The molecule has 2 rings (SSSR count). The second-order valence-corrected chi connectivity index (χ2v) is 6.04. The van der Waals surface area contributed by atoms with E-state index in [1.165, 1.54) is 12.3 Å². The Morgan fingerprint density at radius 3 is 2.65 bits per heavy atom. The first-order valence-electron chi connectivity index (χ1n) is 6.60. The summed E-state index contributed by atoms with van der Waals surface area (Å²) in [5.41, 5.74) is 5.67. The lowest BCUT2D eigenvalue weighted by Crippen LogP contribution is -2.43. The molecule has 0 radical (unpaired) electrons. The number of hydrogen-bond acceptors (Lipinski definition) is 4. The third-order valence-corrected chi connectivity index (χ3v) is 3.70. The molecule has 23 heavy (non-hydrogen) atoms. The van der Waals surface area contributed by atoms with Crippen molar-refractivity contribution < 1.29 is 18.7 Å². The number of furan rings is 1. The molecule has 1 aromatic carbocycles. The van der Waals surface area contributed by atoms with E-state index in [9.17, 15) is 9.59 Å². The zero-order valence-electron chi connectivity index (χ0n) is 12.4. The first kappa shape index (κ1) is 17.4. The number of ether oxygens (including phenoxy) is 1. The van der Waals surface area contributed by atoms with E-state index in [2.05, 4.69) is 26.8 Å². The maximum Gasteiger partial charge on any atom is 0.276 e. The molecule has 1 aromatic heterocycles. The van der Waals surface area contributed by atoms with Crippen LogP contribution < -0.4 is 15.6 Å². The first-order chi connectivity index (χ1) is 10.9. The van der Waals surface area contributed by atoms with Crippen LogP contribution in [0.1, 0.15) is 21.7 Å². The molecule has 8 heteroatoms. The molecule has 0 atom stereocenters. The van der Waals surface area contributed by atoms with Gasteiger partial charge in [-0.1, -0.05) is 27.5 Å². The van der Waals surface area contributed by atoms with Crippen molar-refractivity contribution in [2.24, 2.45) is 0 Å². The number of benzene rings is 1. The summed E-state index contributed by atoms with van der Waals surface area (Å²) in [4.78, 5) is 23.5. The molecule has 0 aliphatic carbocycles. The molecule has 0 saturated carbocycles. The van der Waals surface area contributed by atoms with Crippen LogP contribution in [0, 0.1) is 13.8 Å². The molecule has 2 N–H and O–H groups in total. The van der Waals surface area contributed by atoms with E-state index < -0.39 is 11.8 Å². The normalized spacial score (nSPS) is 10.3. The summed E-state index contributed by atoms with van der Waals surface area (Å²) in [5.74, 6) is -0.104. The van der Waals surface area contributed by atoms with Gasteiger partial charge in [0.05, 0.1) is 16.8 Å². The number of aryl methyl sites for hydroxylation is 2. The lowest BCUT2D eigenvalue weighted by atomic mass is 10.2. The van der Waals surface area contributed by atoms with Crippen molar-refractivity contribution in [2.75, 3.05) is 6.61 Å². The van der Waals surface area contributed by atoms with Crippen LogP contribution in [0.4, 0.5) is 0 Å². The van der Waals surface area contributed by atoms with E-state index in [0.29, 0.717) is 22.1 Å². The predicted molar refractivity (Wildman–Crippen MR) is 88.4 cm³/mol. The molecule has 0 fully saturated rings. The fourth-order valence-electron chi connectivity index (χ4n) is 1.86. The Morgan fingerprint density at radius 2 is 2.04 bits per heavy atom. The zero-order chi connectivity index (χ0) is 17.0. The standard InChI is InChI=1S/C15H14BrClN2O4/c1-8-5-10(16)6-12(17)14(8)23-7-13(20)18-19-15(21)11-3-4-22-9(11)2/h3-6H,7H2,1-2H3,(H,18,20)(H,19,21). The van der Waals surface area contributed by atoms with E-state index in [4.69, 9.17) is 20.8 Å². The summed E-state index contributed by atoms with van der Waals surface area (Å²) in [5, 5.41) is 0.391. The molecule has 0 bridgehead atoms. The summed E-state index contributed by atoms with van der Waals surface area (Å²) >= 11 is 9.38. The maximum absolute atomic E-state index is 11.8. The van der Waals surface area contributed by atoms with E-state index in [1.807, 2.05) is 13.0 Å². The molecule has 0 aliphatic heterocycles. The molecule has 0 spiro atoms. The van der Waals surface area contributed by atoms with Gasteiger partial charge in [-0.3, -0.25) is 20.4 Å². The zero-order valence-corrected chi connectivity index (χ0v) is 14.7. The summed E-state index contributed by atoms with van der Waals surface area (Å²) in [6.07, 6.45) is 1.40. The Labute approximate surface area is 146 Å². The monoisotopic (exact) mass is 400 g/mol. The van der Waals surface area contributed by atoms with Crippen LogP contribution in [0.15, 0.2) is 33.4 Å². The van der Waals surface area contributed by atoms with Crippen molar-refractivity contribution in [3.63, 3.8) is 0 Å². The van der Waals surface area contributed by atoms with Crippen molar-refractivity contribution in [1.82, 2.24) is 10.9 Å². The summed E-state index contributed by atoms with van der Waals surface area (Å²) in [6.45, 7) is 3.18. The first-order valence-corrected chi connectivity index (χ1v) is 7.77. The molecule has 1 heterocycles. The molecule has 2 amide bonds. The topological polar surface area (TPSA) is 80.6 Å². The van der Waals surface area contributed by atoms with Crippen molar-refractivity contribution in [1.29, 1.82) is 0 Å². The highest BCUT2D eigenvalue weighted by Crippen LogP contribution is 2.31. The quantitative estimate of drug-likeness (QED) is 0.771. The Morgan fingerprint density at radius 1 is 1.30 bits per heavy atom. The van der Waals surface area contributed by atoms with Crippen LogP contribution in [-0.2, 0) is 4.79 Å². The van der Waals surface area contributed by atoms with Gasteiger partial charge in [0.2, 0.25) is 0 Å². The third kappa shape index (κ3) is 4.49. The molecular formula is C15H14BrClN2O4. The van der Waals surface area contributed by atoms with Crippen LogP contribution in [0.2, 0.25) is 5.02 Å². The summed E-state index contributed by atoms with van der Waals surface area (Å²) in [7, 11) is 0. The number of carbonyl (C=O) groups is 2. The molecule has 122 valence electrons. The average Bonchev–Trinajstić information content (AvgIpc) is 2.89. The van der Waals surface area contributed by atoms with E-state index in [1.54, 1.807) is 13.0 Å². The van der Waals surface area contributed by atoms with E-state index in [0.717, 1.165) is 10.0 Å². The molecule has 6 nitrogen and oxygen atoms in total. The Balaban J connectivity index is 1.87. The number of amides is 2. The average molecular weight is 402 g/mol. The van der Waals surface area contributed by atoms with Crippen LogP contribution in [0.3, 0.4) is 0 Å². The largest absolute Gasteiger partial charge is 0.482 e. The van der Waals surface area contributed by atoms with Gasteiger partial charge in [0, 0.05) is 4.47 Å². The highest BCUT2D eigenvalue weighted by atomic mass is 79.9. The molecule has 0 unspecified atom stereocenters. The lowest BCUT2D eigenvalue weighted by Gasteiger charge is -2.12. The number of hydrogen-bond donors (Lipinski definition) is 2. The minimum absolute atomic E-state index is 0.285. The highest BCUT2D eigenvalue weighted by Gasteiger charge is 2.13. The summed E-state index contributed by atoms with van der Waals surface area (Å²) in [6, 6.07) is 5.01. The number of rotatable bonds is 4. The van der Waals surface area contributed by atoms with Crippen molar-refractivity contribution in [3.05, 3.63) is 50.8 Å². The van der Waals surface area contributed by atoms with Crippen molar-refractivity contribution >= 4 is 39.3 Å². The maximum atomic E-state index is 11.8. The Kier molecular flexibility index (Phi) is 5.68. The predicted octanol–water partition coefficient (Wildman–Crippen LogP) is 3.15. The number of hydrazine groups is 1. The second-order valence-electron chi connectivity index (χ2n) is 4.72. The van der Waals surface area contributed by atoms with Gasteiger partial charge < -0.3 is 9.15 Å². The van der Waals surface area contributed by atoms with Crippen LogP contribution >= 0.6 is 27.5 Å². The van der Waals surface area contributed by atoms with Crippen LogP contribution in [-0.4, -0.2) is 18.4 Å². The third-order valence-electron chi connectivity index (χ3n) is 2.96. The van der Waals surface area contributed by atoms with Gasteiger partial charge in [-0.2, -0.15) is 0 Å². The van der Waals surface area contributed by atoms with Crippen LogP contribution in [0.25, 0.3) is 0 Å². The number of halogens is 2. The minimum atomic E-state index is -0.516. The smallest absolute Gasteiger partial charge is 0.276 e. The van der Waals surface area contributed by atoms with Gasteiger partial charge in [0.1, 0.15) is 11.5 Å². The van der Waals surface area contributed by atoms with Gasteiger partial charge in [0.15, 0.2) is 6.61 Å². The van der Waals surface area contributed by atoms with Crippen LogP contribution in [0.5, 0.6) is 5.75 Å². The van der Waals surface area contributed by atoms with Gasteiger partial charge in [-0.05, 0) is 37.6 Å². The minimum Gasteiger partial charge on any atom is -0.482 e. The van der Waals surface area contributed by atoms with Gasteiger partial charge in [-0.25, -0.2) is 0 Å². The number of carbonyl (C=O) groups excluding carboxylic acids is 2. The van der Waals surface area contributed by atoms with E-state index >= 15 is 0 Å². The molecule has 2 aromatic rings. The van der Waals surface area contributed by atoms with Gasteiger partial charge in [0.25, 0.3) is 11.8 Å². The van der Waals surface area contributed by atoms with Crippen molar-refractivity contribution in [2.45, 2.75) is 13.8 Å². The SMILES string of the molecule is Cc1cc(Br)cc(Cl)c1OCC(=O)NNC(=O)c1ccoc1C. The molecule has 0 aliphatic rings. The fourth-order valence-corrected chi connectivity index (χ4v) is 2.89. The Bertz CT molecular complexity index is 722. The second kappa shape index (κ2) is 7.52. The Hall–Kier alpha value is -1.99. The molecular weight excluding hydrogens is 388 g/mol. The van der Waals surface area contributed by atoms with Gasteiger partial charge >= 0.3 is 0 Å². The molecule has 0 saturated heterocycles. The van der Waals surface area contributed by atoms with Gasteiger partial charge in [-0.15, -0.1) is 0 Å². The summed E-state index contributed by atoms with van der Waals surface area (Å²) < 4.78 is 11.2.